The molecule has 0 saturated heterocycles. The SMILES string of the molecule is Cc1cncc(CNc2ccc(Cl)cc2I)c1. The van der Waals surface area contributed by atoms with E-state index in [-0.39, 0.29) is 0 Å². The second-order valence-electron chi connectivity index (χ2n) is 3.85. The number of aryl methyl sites for hydroxylation is 1. The number of pyridine rings is 1. The third-order valence-corrected chi connectivity index (χ3v) is 3.47. The molecule has 2 rings (SSSR count). The molecule has 1 heterocycles. The Bertz CT molecular complexity index is 529. The lowest BCUT2D eigenvalue weighted by molar-refractivity contribution is 1.09. The van der Waals surface area contributed by atoms with Crippen molar-refractivity contribution < 1.29 is 0 Å². The van der Waals surface area contributed by atoms with E-state index in [9.17, 15) is 0 Å². The largest absolute Gasteiger partial charge is 0.380 e. The van der Waals surface area contributed by atoms with Crippen molar-refractivity contribution in [3.05, 3.63) is 56.4 Å². The molecule has 0 aliphatic heterocycles. The summed E-state index contributed by atoms with van der Waals surface area (Å²) < 4.78 is 1.12. The molecule has 0 saturated carbocycles. The molecular weight excluding hydrogens is 347 g/mol. The molecule has 0 unspecified atom stereocenters. The van der Waals surface area contributed by atoms with E-state index in [4.69, 9.17) is 11.6 Å². The fourth-order valence-electron chi connectivity index (χ4n) is 1.54. The quantitative estimate of drug-likeness (QED) is 0.829. The van der Waals surface area contributed by atoms with Gasteiger partial charge in [-0.25, -0.2) is 0 Å². The third kappa shape index (κ3) is 3.57. The van der Waals surface area contributed by atoms with E-state index < -0.39 is 0 Å². The molecule has 0 bridgehead atoms. The summed E-state index contributed by atoms with van der Waals surface area (Å²) in [6, 6.07) is 7.95. The number of rotatable bonds is 3. The first-order valence-electron chi connectivity index (χ1n) is 5.24. The first-order valence-corrected chi connectivity index (χ1v) is 6.70. The van der Waals surface area contributed by atoms with E-state index in [1.54, 1.807) is 0 Å². The van der Waals surface area contributed by atoms with Crippen LogP contribution in [0.25, 0.3) is 0 Å². The molecule has 0 aliphatic carbocycles. The number of anilines is 1. The highest BCUT2D eigenvalue weighted by Crippen LogP contribution is 2.22. The fraction of sp³-hybridized carbons (Fsp3) is 0.154. The minimum Gasteiger partial charge on any atom is -0.380 e. The van der Waals surface area contributed by atoms with Crippen molar-refractivity contribution in [2.75, 3.05) is 5.32 Å². The van der Waals surface area contributed by atoms with Crippen LogP contribution in [0.1, 0.15) is 11.1 Å². The second kappa shape index (κ2) is 5.69. The molecule has 0 spiro atoms. The second-order valence-corrected chi connectivity index (χ2v) is 5.45. The van der Waals surface area contributed by atoms with Gasteiger partial charge in [-0.3, -0.25) is 4.98 Å². The number of halogens is 2. The number of aromatic nitrogens is 1. The van der Waals surface area contributed by atoms with Crippen LogP contribution in [-0.2, 0) is 6.54 Å². The summed E-state index contributed by atoms with van der Waals surface area (Å²) in [5.74, 6) is 0. The molecule has 0 fully saturated rings. The number of nitrogens with zero attached hydrogens (tertiary/aromatic N) is 1. The molecule has 0 atom stereocenters. The molecule has 2 aromatic rings. The number of benzene rings is 1. The predicted octanol–water partition coefficient (Wildman–Crippen LogP) is 4.26. The first-order chi connectivity index (χ1) is 8.15. The zero-order valence-electron chi connectivity index (χ0n) is 9.37. The maximum atomic E-state index is 5.91. The highest BCUT2D eigenvalue weighted by atomic mass is 127. The molecule has 1 aromatic carbocycles. The molecule has 1 N–H and O–H groups in total. The van der Waals surface area contributed by atoms with E-state index in [2.05, 4.69) is 39.0 Å². The Kier molecular flexibility index (Phi) is 4.23. The topological polar surface area (TPSA) is 24.9 Å². The fourth-order valence-corrected chi connectivity index (χ4v) is 2.61. The Morgan fingerprint density at radius 1 is 1.29 bits per heavy atom. The molecule has 17 heavy (non-hydrogen) atoms. The molecular formula is C13H12ClIN2. The predicted molar refractivity (Wildman–Crippen MR) is 80.5 cm³/mol. The monoisotopic (exact) mass is 358 g/mol. The normalized spacial score (nSPS) is 10.3. The molecule has 2 nitrogen and oxygen atoms in total. The Labute approximate surface area is 120 Å². The van der Waals surface area contributed by atoms with Gasteiger partial charge in [0.05, 0.1) is 0 Å². The van der Waals surface area contributed by atoms with Crippen LogP contribution in [0.4, 0.5) is 5.69 Å². The maximum Gasteiger partial charge on any atom is 0.0479 e. The molecule has 0 aliphatic rings. The van der Waals surface area contributed by atoms with Gasteiger partial charge >= 0.3 is 0 Å². The van der Waals surface area contributed by atoms with Crippen LogP contribution >= 0.6 is 34.2 Å². The molecule has 1 aromatic heterocycles. The van der Waals surface area contributed by atoms with Crippen molar-refractivity contribution in [3.8, 4) is 0 Å². The lowest BCUT2D eigenvalue weighted by atomic mass is 10.2. The van der Waals surface area contributed by atoms with Gasteiger partial charge in [0.15, 0.2) is 0 Å². The minimum atomic E-state index is 0.761. The van der Waals surface area contributed by atoms with Crippen molar-refractivity contribution >= 4 is 39.9 Å². The van der Waals surface area contributed by atoms with Crippen molar-refractivity contribution in [1.82, 2.24) is 4.98 Å². The third-order valence-electron chi connectivity index (χ3n) is 2.35. The zero-order chi connectivity index (χ0) is 12.3. The van der Waals surface area contributed by atoms with Gasteiger partial charge in [0.2, 0.25) is 0 Å². The summed E-state index contributed by atoms with van der Waals surface area (Å²) in [6.07, 6.45) is 3.73. The number of hydrogen-bond donors (Lipinski definition) is 1. The van der Waals surface area contributed by atoms with Gasteiger partial charge in [0.25, 0.3) is 0 Å². The summed E-state index contributed by atoms with van der Waals surface area (Å²) in [6.45, 7) is 2.81. The zero-order valence-corrected chi connectivity index (χ0v) is 12.3. The standard InChI is InChI=1S/C13H12ClIN2/c1-9-4-10(7-16-6-9)8-17-13-3-2-11(14)5-12(13)15/h2-7,17H,8H2,1H3. The summed E-state index contributed by atoms with van der Waals surface area (Å²) in [5.41, 5.74) is 3.45. The lowest BCUT2D eigenvalue weighted by Gasteiger charge is -2.09. The summed E-state index contributed by atoms with van der Waals surface area (Å²) >= 11 is 8.19. The first kappa shape index (κ1) is 12.6. The van der Waals surface area contributed by atoms with Crippen LogP contribution < -0.4 is 5.32 Å². The van der Waals surface area contributed by atoms with Gasteiger partial charge in [-0.1, -0.05) is 17.7 Å². The van der Waals surface area contributed by atoms with Crippen LogP contribution in [0.2, 0.25) is 5.02 Å². The number of nitrogens with one attached hydrogen (secondary N) is 1. The van der Waals surface area contributed by atoms with E-state index in [0.717, 1.165) is 20.8 Å². The van der Waals surface area contributed by atoms with Crippen molar-refractivity contribution in [1.29, 1.82) is 0 Å². The summed E-state index contributed by atoms with van der Waals surface area (Å²) in [7, 11) is 0. The van der Waals surface area contributed by atoms with Crippen LogP contribution in [0.5, 0.6) is 0 Å². The van der Waals surface area contributed by atoms with E-state index >= 15 is 0 Å². The molecule has 0 amide bonds. The van der Waals surface area contributed by atoms with Gasteiger partial charge in [-0.15, -0.1) is 0 Å². The van der Waals surface area contributed by atoms with Crippen molar-refractivity contribution in [2.24, 2.45) is 0 Å². The number of hydrogen-bond acceptors (Lipinski definition) is 2. The molecule has 4 heteroatoms. The Hall–Kier alpha value is -0.810. The Morgan fingerprint density at radius 2 is 2.12 bits per heavy atom. The van der Waals surface area contributed by atoms with Crippen LogP contribution in [0, 0.1) is 10.5 Å². The van der Waals surface area contributed by atoms with E-state index in [1.807, 2.05) is 37.5 Å². The lowest BCUT2D eigenvalue weighted by Crippen LogP contribution is -2.01. The Balaban J connectivity index is 2.07. The molecule has 88 valence electrons. The van der Waals surface area contributed by atoms with Gasteiger partial charge < -0.3 is 5.32 Å². The van der Waals surface area contributed by atoms with Crippen LogP contribution in [-0.4, -0.2) is 4.98 Å². The maximum absolute atomic E-state index is 5.91. The van der Waals surface area contributed by atoms with Crippen molar-refractivity contribution in [3.63, 3.8) is 0 Å². The van der Waals surface area contributed by atoms with Gasteiger partial charge in [0, 0.05) is 33.2 Å². The van der Waals surface area contributed by atoms with Gasteiger partial charge in [-0.2, -0.15) is 0 Å². The van der Waals surface area contributed by atoms with Gasteiger partial charge in [-0.05, 0) is 58.8 Å². The Morgan fingerprint density at radius 3 is 2.82 bits per heavy atom. The highest BCUT2D eigenvalue weighted by Gasteiger charge is 2.00. The minimum absolute atomic E-state index is 0.761. The average Bonchev–Trinajstić information content (AvgIpc) is 2.28. The van der Waals surface area contributed by atoms with Crippen molar-refractivity contribution in [2.45, 2.75) is 13.5 Å². The smallest absolute Gasteiger partial charge is 0.0479 e. The summed E-state index contributed by atoms with van der Waals surface area (Å²) in [4.78, 5) is 4.17. The van der Waals surface area contributed by atoms with E-state index in [0.29, 0.717) is 0 Å². The summed E-state index contributed by atoms with van der Waals surface area (Å²) in [5, 5.41) is 4.14. The average molecular weight is 359 g/mol. The van der Waals surface area contributed by atoms with E-state index in [1.165, 1.54) is 11.1 Å². The van der Waals surface area contributed by atoms with Crippen LogP contribution in [0.3, 0.4) is 0 Å². The highest BCUT2D eigenvalue weighted by molar-refractivity contribution is 14.1. The van der Waals surface area contributed by atoms with Gasteiger partial charge in [0.1, 0.15) is 0 Å². The van der Waals surface area contributed by atoms with Crippen LogP contribution in [0.15, 0.2) is 36.7 Å². The molecule has 0 radical (unpaired) electrons.